The van der Waals surface area contributed by atoms with E-state index in [1.807, 2.05) is 16.7 Å². The van der Waals surface area contributed by atoms with Crippen LogP contribution in [-0.4, -0.2) is 57.5 Å². The molecule has 2 saturated heterocycles. The Morgan fingerprint density at radius 2 is 1.90 bits per heavy atom. The van der Waals surface area contributed by atoms with Gasteiger partial charge in [0.05, 0.1) is 18.2 Å². The zero-order chi connectivity index (χ0) is 21.1. The number of halogens is 1. The minimum Gasteiger partial charge on any atom is -0.339 e. The molecule has 2 aliphatic heterocycles. The van der Waals surface area contributed by atoms with Crippen LogP contribution < -0.4 is 0 Å². The highest BCUT2D eigenvalue weighted by Crippen LogP contribution is 2.31. The summed E-state index contributed by atoms with van der Waals surface area (Å²) in [5.74, 6) is 0.0956. The minimum absolute atomic E-state index is 0.0114. The Bertz CT molecular complexity index is 904. The van der Waals surface area contributed by atoms with Gasteiger partial charge in [-0.3, -0.25) is 14.7 Å². The van der Waals surface area contributed by atoms with E-state index in [9.17, 15) is 14.0 Å². The van der Waals surface area contributed by atoms with Gasteiger partial charge in [0, 0.05) is 31.4 Å². The molecule has 1 N–H and O–H groups in total. The lowest BCUT2D eigenvalue weighted by atomic mass is 9.83. The zero-order valence-corrected chi connectivity index (χ0v) is 17.4. The van der Waals surface area contributed by atoms with Crippen LogP contribution in [0.25, 0.3) is 0 Å². The van der Waals surface area contributed by atoms with Gasteiger partial charge in [0.15, 0.2) is 0 Å². The van der Waals surface area contributed by atoms with Crippen molar-refractivity contribution >= 4 is 11.8 Å². The average molecular weight is 413 g/mol. The van der Waals surface area contributed by atoms with Crippen molar-refractivity contribution in [2.24, 2.45) is 5.92 Å². The summed E-state index contributed by atoms with van der Waals surface area (Å²) in [4.78, 5) is 29.6. The molecule has 1 aromatic carbocycles. The number of aromatic amines is 1. The Morgan fingerprint density at radius 1 is 1.13 bits per heavy atom. The molecule has 2 aliphatic rings. The standard InChI is InChI=1S/C23H29FN4O2/c1-16-19(15-25-26-16)23(30)27-12-9-17(10-13-27)21-8-4-5-11-28(21)22(29)14-18-6-2-3-7-20(18)24/h2-3,6-7,15,17,21H,4-5,8-14H2,1H3,(H,25,26)/t21-/m0/s1. The van der Waals surface area contributed by atoms with E-state index < -0.39 is 0 Å². The molecule has 0 bridgehead atoms. The van der Waals surface area contributed by atoms with Crippen LogP contribution in [-0.2, 0) is 11.2 Å². The minimum atomic E-state index is -0.319. The third-order valence-electron chi connectivity index (χ3n) is 6.60. The van der Waals surface area contributed by atoms with E-state index in [4.69, 9.17) is 0 Å². The third-order valence-corrected chi connectivity index (χ3v) is 6.60. The van der Waals surface area contributed by atoms with Crippen molar-refractivity contribution < 1.29 is 14.0 Å². The first-order chi connectivity index (χ1) is 14.5. The van der Waals surface area contributed by atoms with Crippen LogP contribution in [0.5, 0.6) is 0 Å². The van der Waals surface area contributed by atoms with Crippen molar-refractivity contribution in [1.82, 2.24) is 20.0 Å². The first-order valence-electron chi connectivity index (χ1n) is 10.9. The Hall–Kier alpha value is -2.70. The monoisotopic (exact) mass is 412 g/mol. The van der Waals surface area contributed by atoms with Crippen molar-refractivity contribution in [3.8, 4) is 0 Å². The van der Waals surface area contributed by atoms with E-state index in [-0.39, 0.29) is 30.1 Å². The number of hydrogen-bond acceptors (Lipinski definition) is 3. The van der Waals surface area contributed by atoms with Gasteiger partial charge in [-0.1, -0.05) is 18.2 Å². The molecule has 6 nitrogen and oxygen atoms in total. The molecule has 2 fully saturated rings. The van der Waals surface area contributed by atoms with E-state index in [0.29, 0.717) is 30.1 Å². The van der Waals surface area contributed by atoms with Crippen molar-refractivity contribution in [1.29, 1.82) is 0 Å². The third kappa shape index (κ3) is 4.25. The highest BCUT2D eigenvalue weighted by Gasteiger charge is 2.36. The molecule has 0 spiro atoms. The van der Waals surface area contributed by atoms with Crippen LogP contribution in [0.3, 0.4) is 0 Å². The molecule has 1 aromatic heterocycles. The molecular formula is C23H29FN4O2. The molecule has 4 rings (SSSR count). The van der Waals surface area contributed by atoms with Crippen LogP contribution >= 0.6 is 0 Å². The Morgan fingerprint density at radius 3 is 2.60 bits per heavy atom. The summed E-state index contributed by atoms with van der Waals surface area (Å²) in [5, 5.41) is 6.78. The quantitative estimate of drug-likeness (QED) is 0.838. The van der Waals surface area contributed by atoms with Gasteiger partial charge >= 0.3 is 0 Å². The van der Waals surface area contributed by atoms with Crippen molar-refractivity contribution in [3.05, 3.63) is 53.1 Å². The normalized spacial score (nSPS) is 20.4. The molecule has 0 radical (unpaired) electrons. The Balaban J connectivity index is 1.39. The maximum absolute atomic E-state index is 14.0. The van der Waals surface area contributed by atoms with Gasteiger partial charge in [-0.15, -0.1) is 0 Å². The number of carbonyl (C=O) groups excluding carboxylic acids is 2. The lowest BCUT2D eigenvalue weighted by Crippen LogP contribution is -2.51. The summed E-state index contributed by atoms with van der Waals surface area (Å²) in [6.07, 6.45) is 6.57. The van der Waals surface area contributed by atoms with Gasteiger partial charge in [0.1, 0.15) is 5.82 Å². The van der Waals surface area contributed by atoms with E-state index in [1.54, 1.807) is 24.4 Å². The molecule has 3 heterocycles. The summed E-state index contributed by atoms with van der Waals surface area (Å²) in [6, 6.07) is 6.70. The molecular weight excluding hydrogens is 383 g/mol. The number of rotatable bonds is 4. The Labute approximate surface area is 176 Å². The molecule has 1 atom stereocenters. The molecule has 0 saturated carbocycles. The average Bonchev–Trinajstić information content (AvgIpc) is 3.21. The second kappa shape index (κ2) is 8.98. The molecule has 7 heteroatoms. The van der Waals surface area contributed by atoms with Gasteiger partial charge < -0.3 is 9.80 Å². The molecule has 2 aromatic rings. The fraction of sp³-hybridized carbons (Fsp3) is 0.522. The topological polar surface area (TPSA) is 69.3 Å². The predicted octanol–water partition coefficient (Wildman–Crippen LogP) is 3.33. The number of benzene rings is 1. The fourth-order valence-corrected chi connectivity index (χ4v) is 4.89. The first-order valence-corrected chi connectivity index (χ1v) is 10.9. The SMILES string of the molecule is Cc1[nH]ncc1C(=O)N1CCC([C@@H]2CCCCN2C(=O)Cc2ccccc2F)CC1. The highest BCUT2D eigenvalue weighted by atomic mass is 19.1. The van der Waals surface area contributed by atoms with Gasteiger partial charge in [0.2, 0.25) is 5.91 Å². The number of carbonyl (C=O) groups is 2. The number of amides is 2. The van der Waals surface area contributed by atoms with E-state index >= 15 is 0 Å². The molecule has 2 amide bonds. The van der Waals surface area contributed by atoms with Gasteiger partial charge in [0.25, 0.3) is 5.91 Å². The highest BCUT2D eigenvalue weighted by molar-refractivity contribution is 5.95. The van der Waals surface area contributed by atoms with E-state index in [0.717, 1.165) is 44.3 Å². The molecule has 160 valence electrons. The van der Waals surface area contributed by atoms with Crippen molar-refractivity contribution in [2.45, 2.75) is 51.5 Å². The summed E-state index contributed by atoms with van der Waals surface area (Å²) in [5.41, 5.74) is 1.88. The number of aromatic nitrogens is 2. The van der Waals surface area contributed by atoms with E-state index in [1.165, 1.54) is 6.07 Å². The smallest absolute Gasteiger partial charge is 0.257 e. The number of nitrogens with zero attached hydrogens (tertiary/aromatic N) is 3. The second-order valence-electron chi connectivity index (χ2n) is 8.46. The Kier molecular flexibility index (Phi) is 6.16. The summed E-state index contributed by atoms with van der Waals surface area (Å²) in [6.45, 7) is 3.99. The summed E-state index contributed by atoms with van der Waals surface area (Å²) >= 11 is 0. The zero-order valence-electron chi connectivity index (χ0n) is 17.4. The largest absolute Gasteiger partial charge is 0.339 e. The van der Waals surface area contributed by atoms with Crippen molar-refractivity contribution in [2.75, 3.05) is 19.6 Å². The maximum atomic E-state index is 14.0. The van der Waals surface area contributed by atoms with Crippen LogP contribution in [0, 0.1) is 18.7 Å². The van der Waals surface area contributed by atoms with Crippen LogP contribution in [0.2, 0.25) is 0 Å². The molecule has 0 unspecified atom stereocenters. The van der Waals surface area contributed by atoms with Gasteiger partial charge in [-0.2, -0.15) is 5.10 Å². The predicted molar refractivity (Wildman–Crippen MR) is 111 cm³/mol. The number of piperidine rings is 2. The van der Waals surface area contributed by atoms with Gasteiger partial charge in [-0.25, -0.2) is 4.39 Å². The summed E-state index contributed by atoms with van der Waals surface area (Å²) < 4.78 is 14.0. The maximum Gasteiger partial charge on any atom is 0.257 e. The second-order valence-corrected chi connectivity index (χ2v) is 8.46. The van der Waals surface area contributed by atoms with E-state index in [2.05, 4.69) is 10.2 Å². The first kappa shape index (κ1) is 20.6. The van der Waals surface area contributed by atoms with Gasteiger partial charge in [-0.05, 0) is 56.6 Å². The molecule has 0 aliphatic carbocycles. The van der Waals surface area contributed by atoms with Crippen molar-refractivity contribution in [3.63, 3.8) is 0 Å². The lowest BCUT2D eigenvalue weighted by Gasteiger charge is -2.43. The fourth-order valence-electron chi connectivity index (χ4n) is 4.89. The lowest BCUT2D eigenvalue weighted by molar-refractivity contribution is -0.136. The van der Waals surface area contributed by atoms with Crippen LogP contribution in [0.4, 0.5) is 4.39 Å². The van der Waals surface area contributed by atoms with Crippen LogP contribution in [0.1, 0.15) is 53.7 Å². The van der Waals surface area contributed by atoms with Crippen LogP contribution in [0.15, 0.2) is 30.5 Å². The summed E-state index contributed by atoms with van der Waals surface area (Å²) in [7, 11) is 0. The number of hydrogen-bond donors (Lipinski definition) is 1. The number of aryl methyl sites for hydroxylation is 1. The number of H-pyrrole nitrogens is 1. The molecule has 30 heavy (non-hydrogen) atoms. The number of likely N-dealkylation sites (tertiary alicyclic amines) is 2. The number of nitrogens with one attached hydrogen (secondary N) is 1.